The van der Waals surface area contributed by atoms with Crippen LogP contribution in [0, 0.1) is 0 Å². The van der Waals surface area contributed by atoms with Gasteiger partial charge in [0.1, 0.15) is 0 Å². The van der Waals surface area contributed by atoms with Crippen molar-refractivity contribution >= 4 is 29.3 Å². The number of likely N-dealkylation sites (N-methyl/N-ethyl adjacent to an activating group) is 1. The quantitative estimate of drug-likeness (QED) is 0.937. The molecule has 0 saturated carbocycles. The third kappa shape index (κ3) is 3.42. The third-order valence-electron chi connectivity index (χ3n) is 3.93. The average molecular weight is 323 g/mol. The number of rotatable bonds is 4. The number of nitrogens with one attached hydrogen (secondary N) is 1. The molecule has 22 heavy (non-hydrogen) atoms. The normalized spacial score (nSPS) is 18.1. The Morgan fingerprint density at radius 3 is 2.68 bits per heavy atom. The number of fused-ring (bicyclic) bond motifs is 1. The van der Waals surface area contributed by atoms with E-state index < -0.39 is 0 Å². The first-order chi connectivity index (χ1) is 10.3. The van der Waals surface area contributed by atoms with Gasteiger partial charge in [-0.05, 0) is 38.9 Å². The van der Waals surface area contributed by atoms with E-state index in [9.17, 15) is 0 Å². The monoisotopic (exact) mass is 322 g/mol. The van der Waals surface area contributed by atoms with Crippen LogP contribution in [-0.4, -0.2) is 42.8 Å². The topological polar surface area (TPSA) is 50.3 Å². The van der Waals surface area contributed by atoms with E-state index in [-0.39, 0.29) is 12.4 Å². The summed E-state index contributed by atoms with van der Waals surface area (Å²) in [5.41, 5.74) is 1.80. The second-order valence-electron chi connectivity index (χ2n) is 5.35. The molecule has 1 unspecified atom stereocenters. The molecule has 1 N–H and O–H groups in total. The Bertz CT molecular complexity index is 622. The predicted molar refractivity (Wildman–Crippen MR) is 92.2 cm³/mol. The molecule has 2 aromatic rings. The lowest BCUT2D eigenvalue weighted by molar-refractivity contribution is 0.325. The molecule has 1 atom stereocenters. The van der Waals surface area contributed by atoms with Gasteiger partial charge in [0.2, 0.25) is 0 Å². The molecule has 0 amide bonds. The number of piperidine rings is 1. The molecule has 1 aromatic heterocycles. The number of hydrogen-bond donors (Lipinski definition) is 1. The van der Waals surface area contributed by atoms with Gasteiger partial charge in [0.05, 0.1) is 17.6 Å². The zero-order valence-electron chi connectivity index (χ0n) is 13.1. The number of anilines is 1. The summed E-state index contributed by atoms with van der Waals surface area (Å²) < 4.78 is 5.73. The van der Waals surface area contributed by atoms with Crippen LogP contribution in [0.4, 0.5) is 5.82 Å². The lowest BCUT2D eigenvalue weighted by Crippen LogP contribution is -2.45. The van der Waals surface area contributed by atoms with Crippen LogP contribution in [0.15, 0.2) is 24.3 Å². The van der Waals surface area contributed by atoms with E-state index in [2.05, 4.69) is 15.2 Å². The van der Waals surface area contributed by atoms with Crippen LogP contribution >= 0.6 is 12.4 Å². The summed E-state index contributed by atoms with van der Waals surface area (Å²) in [6.45, 7) is 4.53. The zero-order chi connectivity index (χ0) is 14.7. The summed E-state index contributed by atoms with van der Waals surface area (Å²) in [5, 5.41) is 3.36. The van der Waals surface area contributed by atoms with Crippen LogP contribution in [0.25, 0.3) is 11.0 Å². The van der Waals surface area contributed by atoms with Gasteiger partial charge in [-0.15, -0.1) is 12.4 Å². The molecular weight excluding hydrogens is 300 g/mol. The van der Waals surface area contributed by atoms with E-state index in [4.69, 9.17) is 9.72 Å². The molecular formula is C16H23ClN4O. The SMILES string of the molecule is CCOc1nc2ccccc2nc1N1CCCC(NC)C1.Cl. The highest BCUT2D eigenvalue weighted by Crippen LogP contribution is 2.29. The molecule has 1 aliphatic heterocycles. The number of hydrogen-bond acceptors (Lipinski definition) is 5. The number of nitrogens with zero attached hydrogens (tertiary/aromatic N) is 3. The fraction of sp³-hybridized carbons (Fsp3) is 0.500. The average Bonchev–Trinajstić information content (AvgIpc) is 2.54. The Kier molecular flexibility index (Phi) is 5.80. The summed E-state index contributed by atoms with van der Waals surface area (Å²) in [5.74, 6) is 1.52. The van der Waals surface area contributed by atoms with Gasteiger partial charge >= 0.3 is 0 Å². The molecule has 0 aliphatic carbocycles. The minimum atomic E-state index is 0. The van der Waals surface area contributed by atoms with Crippen LogP contribution in [0.5, 0.6) is 5.88 Å². The van der Waals surface area contributed by atoms with E-state index in [1.807, 2.05) is 38.2 Å². The van der Waals surface area contributed by atoms with Gasteiger partial charge < -0.3 is 15.0 Å². The Morgan fingerprint density at radius 2 is 2.00 bits per heavy atom. The van der Waals surface area contributed by atoms with Crippen molar-refractivity contribution in [2.45, 2.75) is 25.8 Å². The van der Waals surface area contributed by atoms with E-state index >= 15 is 0 Å². The molecule has 0 spiro atoms. The van der Waals surface area contributed by atoms with Crippen molar-refractivity contribution in [3.63, 3.8) is 0 Å². The molecule has 1 saturated heterocycles. The molecule has 6 heteroatoms. The summed E-state index contributed by atoms with van der Waals surface area (Å²) in [4.78, 5) is 11.7. The first-order valence-electron chi connectivity index (χ1n) is 7.63. The maximum atomic E-state index is 5.73. The van der Waals surface area contributed by atoms with Gasteiger partial charge in [0.25, 0.3) is 5.88 Å². The van der Waals surface area contributed by atoms with Crippen LogP contribution in [0.1, 0.15) is 19.8 Å². The van der Waals surface area contributed by atoms with Crippen LogP contribution in [0.2, 0.25) is 0 Å². The Balaban J connectivity index is 0.00000176. The number of ether oxygens (including phenoxy) is 1. The molecule has 1 aromatic carbocycles. The van der Waals surface area contributed by atoms with Gasteiger partial charge in [0.15, 0.2) is 5.82 Å². The number of para-hydroxylation sites is 2. The van der Waals surface area contributed by atoms with Crippen molar-refractivity contribution in [1.82, 2.24) is 15.3 Å². The van der Waals surface area contributed by atoms with E-state index in [0.717, 1.165) is 36.4 Å². The lowest BCUT2D eigenvalue weighted by atomic mass is 10.1. The molecule has 0 radical (unpaired) electrons. The Hall–Kier alpha value is -1.59. The van der Waals surface area contributed by atoms with Gasteiger partial charge in [-0.1, -0.05) is 12.1 Å². The number of aromatic nitrogens is 2. The van der Waals surface area contributed by atoms with E-state index in [1.54, 1.807) is 0 Å². The minimum absolute atomic E-state index is 0. The summed E-state index contributed by atoms with van der Waals surface area (Å²) in [7, 11) is 2.02. The Morgan fingerprint density at radius 1 is 1.27 bits per heavy atom. The summed E-state index contributed by atoms with van der Waals surface area (Å²) >= 11 is 0. The molecule has 120 valence electrons. The fourth-order valence-corrected chi connectivity index (χ4v) is 2.82. The predicted octanol–water partition coefficient (Wildman–Crippen LogP) is 2.64. The molecule has 1 fully saturated rings. The largest absolute Gasteiger partial charge is 0.475 e. The second kappa shape index (κ2) is 7.61. The molecule has 5 nitrogen and oxygen atoms in total. The van der Waals surface area contributed by atoms with Crippen molar-refractivity contribution < 1.29 is 4.74 Å². The number of halogens is 1. The Labute approximate surface area is 137 Å². The molecule has 3 rings (SSSR count). The van der Waals surface area contributed by atoms with Crippen LogP contribution in [0.3, 0.4) is 0 Å². The van der Waals surface area contributed by atoms with Gasteiger partial charge in [-0.2, -0.15) is 0 Å². The van der Waals surface area contributed by atoms with Crippen LogP contribution in [-0.2, 0) is 0 Å². The maximum absolute atomic E-state index is 5.73. The van der Waals surface area contributed by atoms with Crippen LogP contribution < -0.4 is 15.0 Å². The van der Waals surface area contributed by atoms with Crippen molar-refractivity contribution in [1.29, 1.82) is 0 Å². The first-order valence-corrected chi connectivity index (χ1v) is 7.63. The minimum Gasteiger partial charge on any atom is -0.475 e. The molecule has 2 heterocycles. The second-order valence-corrected chi connectivity index (χ2v) is 5.35. The highest BCUT2D eigenvalue weighted by Gasteiger charge is 2.23. The highest BCUT2D eigenvalue weighted by molar-refractivity contribution is 5.85. The third-order valence-corrected chi connectivity index (χ3v) is 3.93. The van der Waals surface area contributed by atoms with Gasteiger partial charge in [-0.3, -0.25) is 0 Å². The fourth-order valence-electron chi connectivity index (χ4n) is 2.82. The molecule has 0 bridgehead atoms. The van der Waals surface area contributed by atoms with Gasteiger partial charge in [-0.25, -0.2) is 9.97 Å². The van der Waals surface area contributed by atoms with Crippen molar-refractivity contribution in [3.8, 4) is 5.88 Å². The highest BCUT2D eigenvalue weighted by atomic mass is 35.5. The summed E-state index contributed by atoms with van der Waals surface area (Å²) in [6.07, 6.45) is 2.36. The zero-order valence-corrected chi connectivity index (χ0v) is 13.9. The maximum Gasteiger partial charge on any atom is 0.258 e. The standard InChI is InChI=1S/C16H22N4O.ClH/c1-3-21-16-15(20-10-6-7-12(11-20)17-2)18-13-8-4-5-9-14(13)19-16;/h4-5,8-9,12,17H,3,6-7,10-11H2,1-2H3;1H. The smallest absolute Gasteiger partial charge is 0.258 e. The van der Waals surface area contributed by atoms with E-state index in [1.165, 1.54) is 6.42 Å². The number of benzene rings is 1. The van der Waals surface area contributed by atoms with Crippen molar-refractivity contribution in [3.05, 3.63) is 24.3 Å². The van der Waals surface area contributed by atoms with E-state index in [0.29, 0.717) is 18.5 Å². The van der Waals surface area contributed by atoms with Crippen molar-refractivity contribution in [2.24, 2.45) is 0 Å². The molecule has 1 aliphatic rings. The first kappa shape index (κ1) is 16.8. The lowest BCUT2D eigenvalue weighted by Gasteiger charge is -2.33. The van der Waals surface area contributed by atoms with Gasteiger partial charge in [0, 0.05) is 19.1 Å². The van der Waals surface area contributed by atoms with Crippen molar-refractivity contribution in [2.75, 3.05) is 31.6 Å². The summed E-state index contributed by atoms with van der Waals surface area (Å²) in [6, 6.07) is 8.45.